The summed E-state index contributed by atoms with van der Waals surface area (Å²) in [6.45, 7) is 2.25. The van der Waals surface area contributed by atoms with Gasteiger partial charge in [0.05, 0.1) is 13.2 Å². The van der Waals surface area contributed by atoms with E-state index in [1.54, 1.807) is 7.11 Å². The highest BCUT2D eigenvalue weighted by molar-refractivity contribution is 5.28. The summed E-state index contributed by atoms with van der Waals surface area (Å²) in [5, 5.41) is 10.1. The van der Waals surface area contributed by atoms with Crippen molar-refractivity contribution in [1.82, 2.24) is 0 Å². The van der Waals surface area contributed by atoms with E-state index >= 15 is 0 Å². The molecule has 1 aliphatic rings. The van der Waals surface area contributed by atoms with Gasteiger partial charge >= 0.3 is 0 Å². The summed E-state index contributed by atoms with van der Waals surface area (Å²) >= 11 is 0. The monoisotopic (exact) mass is 248 g/mol. The minimum atomic E-state index is -0.126. The molecule has 0 aliphatic heterocycles. The van der Waals surface area contributed by atoms with Gasteiger partial charge in [-0.2, -0.15) is 0 Å². The molecule has 0 saturated heterocycles. The molecule has 1 aliphatic carbocycles. The van der Waals surface area contributed by atoms with E-state index in [9.17, 15) is 5.11 Å². The van der Waals surface area contributed by atoms with Gasteiger partial charge in [-0.25, -0.2) is 0 Å². The molecule has 3 unspecified atom stereocenters. The third kappa shape index (κ3) is 3.26. The van der Waals surface area contributed by atoms with E-state index in [0.29, 0.717) is 5.92 Å². The fourth-order valence-electron chi connectivity index (χ4n) is 3.04. The molecule has 100 valence electrons. The Morgan fingerprint density at radius 3 is 2.89 bits per heavy atom. The fraction of sp³-hybridized carbons (Fsp3) is 0.625. The number of hydrogen-bond acceptors (Lipinski definition) is 2. The minimum absolute atomic E-state index is 0.126. The third-order valence-electron chi connectivity index (χ3n) is 4.26. The first-order valence-electron chi connectivity index (χ1n) is 7.04. The van der Waals surface area contributed by atoms with Crippen LogP contribution < -0.4 is 4.74 Å². The Balaban J connectivity index is 2.02. The summed E-state index contributed by atoms with van der Waals surface area (Å²) in [7, 11) is 1.70. The zero-order valence-electron chi connectivity index (χ0n) is 11.4. The highest BCUT2D eigenvalue weighted by Crippen LogP contribution is 2.33. The van der Waals surface area contributed by atoms with Crippen molar-refractivity contribution in [2.75, 3.05) is 7.11 Å². The lowest BCUT2D eigenvalue weighted by Gasteiger charge is -2.33. The molecule has 0 aromatic heterocycles. The van der Waals surface area contributed by atoms with Gasteiger partial charge in [-0.05, 0) is 55.2 Å². The zero-order valence-corrected chi connectivity index (χ0v) is 11.4. The average Bonchev–Trinajstić information content (AvgIpc) is 2.41. The molecule has 1 aromatic rings. The zero-order chi connectivity index (χ0) is 13.0. The molecule has 0 heterocycles. The molecule has 1 fully saturated rings. The highest BCUT2D eigenvalue weighted by atomic mass is 16.5. The van der Waals surface area contributed by atoms with Crippen LogP contribution in [0.25, 0.3) is 0 Å². The van der Waals surface area contributed by atoms with Gasteiger partial charge in [0.15, 0.2) is 0 Å². The van der Waals surface area contributed by atoms with Crippen LogP contribution in [0.4, 0.5) is 0 Å². The van der Waals surface area contributed by atoms with Gasteiger partial charge < -0.3 is 9.84 Å². The quantitative estimate of drug-likeness (QED) is 0.884. The Kier molecular flexibility index (Phi) is 4.65. The standard InChI is InChI=1S/C16H24O2/c1-3-12-7-8-16(17)14(9-12)10-13-5-4-6-15(11-13)18-2/h4-6,11-12,14,16-17H,3,7-10H2,1-2H3. The molecule has 0 bridgehead atoms. The van der Waals surface area contributed by atoms with E-state index < -0.39 is 0 Å². The smallest absolute Gasteiger partial charge is 0.119 e. The molecule has 1 aromatic carbocycles. The van der Waals surface area contributed by atoms with Gasteiger partial charge in [-0.1, -0.05) is 25.5 Å². The molecule has 3 atom stereocenters. The number of aliphatic hydroxyl groups excluding tert-OH is 1. The van der Waals surface area contributed by atoms with Crippen molar-refractivity contribution in [1.29, 1.82) is 0 Å². The van der Waals surface area contributed by atoms with Crippen LogP contribution in [0.3, 0.4) is 0 Å². The normalized spacial score (nSPS) is 28.1. The van der Waals surface area contributed by atoms with Crippen LogP contribution in [-0.2, 0) is 6.42 Å². The number of aliphatic hydroxyl groups is 1. The van der Waals surface area contributed by atoms with Gasteiger partial charge in [-0.3, -0.25) is 0 Å². The molecule has 2 heteroatoms. The van der Waals surface area contributed by atoms with Crippen LogP contribution >= 0.6 is 0 Å². The van der Waals surface area contributed by atoms with Crippen LogP contribution in [0.2, 0.25) is 0 Å². The first kappa shape index (κ1) is 13.4. The molecular formula is C16H24O2. The largest absolute Gasteiger partial charge is 0.497 e. The first-order chi connectivity index (χ1) is 8.72. The van der Waals surface area contributed by atoms with Crippen molar-refractivity contribution < 1.29 is 9.84 Å². The van der Waals surface area contributed by atoms with Crippen molar-refractivity contribution in [2.24, 2.45) is 11.8 Å². The second-order valence-corrected chi connectivity index (χ2v) is 5.47. The molecule has 1 saturated carbocycles. The number of hydrogen-bond donors (Lipinski definition) is 1. The molecule has 0 amide bonds. The van der Waals surface area contributed by atoms with Gasteiger partial charge in [0.25, 0.3) is 0 Å². The first-order valence-corrected chi connectivity index (χ1v) is 7.04. The number of ether oxygens (including phenoxy) is 1. The molecule has 2 rings (SSSR count). The molecule has 0 spiro atoms. The predicted molar refractivity (Wildman–Crippen MR) is 73.8 cm³/mol. The number of methoxy groups -OCH3 is 1. The third-order valence-corrected chi connectivity index (χ3v) is 4.26. The summed E-state index contributed by atoms with van der Waals surface area (Å²) in [6, 6.07) is 8.21. The van der Waals surface area contributed by atoms with E-state index in [-0.39, 0.29) is 6.10 Å². The van der Waals surface area contributed by atoms with Crippen molar-refractivity contribution in [3.63, 3.8) is 0 Å². The topological polar surface area (TPSA) is 29.5 Å². The lowest BCUT2D eigenvalue weighted by Crippen LogP contribution is -2.30. The second-order valence-electron chi connectivity index (χ2n) is 5.47. The maximum absolute atomic E-state index is 10.1. The average molecular weight is 248 g/mol. The van der Waals surface area contributed by atoms with E-state index in [0.717, 1.165) is 30.9 Å². The summed E-state index contributed by atoms with van der Waals surface area (Å²) in [4.78, 5) is 0. The van der Waals surface area contributed by atoms with Crippen LogP contribution in [0.15, 0.2) is 24.3 Å². The Hall–Kier alpha value is -1.02. The van der Waals surface area contributed by atoms with Gasteiger partial charge in [0, 0.05) is 0 Å². The second kappa shape index (κ2) is 6.24. The van der Waals surface area contributed by atoms with Gasteiger partial charge in [-0.15, -0.1) is 0 Å². The fourth-order valence-corrected chi connectivity index (χ4v) is 3.04. The molecule has 0 radical (unpaired) electrons. The van der Waals surface area contributed by atoms with Crippen LogP contribution in [0, 0.1) is 11.8 Å². The lowest BCUT2D eigenvalue weighted by molar-refractivity contribution is 0.0474. The van der Waals surface area contributed by atoms with Crippen molar-refractivity contribution in [3.8, 4) is 5.75 Å². The SMILES string of the molecule is CCC1CCC(O)C(Cc2cccc(OC)c2)C1. The Labute approximate surface area is 110 Å². The van der Waals surface area contributed by atoms with E-state index in [1.807, 2.05) is 12.1 Å². The van der Waals surface area contributed by atoms with Crippen molar-refractivity contribution in [3.05, 3.63) is 29.8 Å². The van der Waals surface area contributed by atoms with Gasteiger partial charge in [0.2, 0.25) is 0 Å². The Morgan fingerprint density at radius 1 is 1.33 bits per heavy atom. The van der Waals surface area contributed by atoms with Crippen LogP contribution in [0.5, 0.6) is 5.75 Å². The minimum Gasteiger partial charge on any atom is -0.497 e. The number of benzene rings is 1. The Bertz CT molecular complexity index is 375. The van der Waals surface area contributed by atoms with Crippen molar-refractivity contribution >= 4 is 0 Å². The number of rotatable bonds is 4. The molecule has 1 N–H and O–H groups in total. The predicted octanol–water partition coefficient (Wildman–Crippen LogP) is 3.42. The molecular weight excluding hydrogens is 224 g/mol. The maximum Gasteiger partial charge on any atom is 0.119 e. The van der Waals surface area contributed by atoms with E-state index in [2.05, 4.69) is 19.1 Å². The lowest BCUT2D eigenvalue weighted by atomic mass is 9.76. The summed E-state index contributed by atoms with van der Waals surface area (Å²) in [5.74, 6) is 2.12. The summed E-state index contributed by atoms with van der Waals surface area (Å²) in [5.41, 5.74) is 1.27. The molecule has 18 heavy (non-hydrogen) atoms. The summed E-state index contributed by atoms with van der Waals surface area (Å²) < 4.78 is 5.25. The highest BCUT2D eigenvalue weighted by Gasteiger charge is 2.28. The van der Waals surface area contributed by atoms with Crippen molar-refractivity contribution in [2.45, 2.75) is 45.1 Å². The van der Waals surface area contributed by atoms with E-state index in [1.165, 1.54) is 18.4 Å². The molecule has 2 nitrogen and oxygen atoms in total. The van der Waals surface area contributed by atoms with Crippen LogP contribution in [0.1, 0.15) is 38.2 Å². The van der Waals surface area contributed by atoms with Gasteiger partial charge in [0.1, 0.15) is 5.75 Å². The Morgan fingerprint density at radius 2 is 2.17 bits per heavy atom. The maximum atomic E-state index is 10.1. The van der Waals surface area contributed by atoms with Crippen LogP contribution in [-0.4, -0.2) is 18.3 Å². The summed E-state index contributed by atoms with van der Waals surface area (Å²) in [6.07, 6.45) is 5.39. The van der Waals surface area contributed by atoms with E-state index in [4.69, 9.17) is 4.74 Å².